The van der Waals surface area contributed by atoms with Gasteiger partial charge in [-0.1, -0.05) is 6.92 Å². The van der Waals surface area contributed by atoms with Crippen LogP contribution >= 0.6 is 0 Å². The standard InChI is InChI=1S/C11H14N2O4/c1-2-8-7(5-6-16-8)11-13-12-9(17-11)3-4-10(14)15/h3-4,7-8H,2,5-6H2,1H3,(H,14,15)/b4-3+. The van der Waals surface area contributed by atoms with Crippen LogP contribution in [0.5, 0.6) is 0 Å². The average Bonchev–Trinajstić information content (AvgIpc) is 2.94. The molecule has 0 spiro atoms. The molecule has 6 nitrogen and oxygen atoms in total. The summed E-state index contributed by atoms with van der Waals surface area (Å²) in [5.74, 6) is -0.177. The van der Waals surface area contributed by atoms with Crippen LogP contribution in [0.2, 0.25) is 0 Å². The number of aliphatic carboxylic acids is 1. The van der Waals surface area contributed by atoms with E-state index in [0.29, 0.717) is 12.5 Å². The first-order valence-corrected chi connectivity index (χ1v) is 5.56. The first-order valence-electron chi connectivity index (χ1n) is 5.56. The average molecular weight is 238 g/mol. The molecule has 92 valence electrons. The van der Waals surface area contributed by atoms with Gasteiger partial charge in [-0.15, -0.1) is 10.2 Å². The number of aromatic nitrogens is 2. The van der Waals surface area contributed by atoms with E-state index in [0.717, 1.165) is 18.9 Å². The first kappa shape index (κ1) is 11.8. The second kappa shape index (κ2) is 5.09. The number of ether oxygens (including phenoxy) is 1. The van der Waals surface area contributed by atoms with E-state index in [1.54, 1.807) is 0 Å². The van der Waals surface area contributed by atoms with Crippen LogP contribution in [0.15, 0.2) is 10.5 Å². The van der Waals surface area contributed by atoms with Gasteiger partial charge in [-0.3, -0.25) is 0 Å². The molecule has 6 heteroatoms. The molecule has 1 aliphatic heterocycles. The lowest BCUT2D eigenvalue weighted by Crippen LogP contribution is -2.13. The van der Waals surface area contributed by atoms with Gasteiger partial charge in [-0.05, 0) is 12.8 Å². The van der Waals surface area contributed by atoms with E-state index in [-0.39, 0.29) is 17.9 Å². The van der Waals surface area contributed by atoms with Gasteiger partial charge in [0.25, 0.3) is 0 Å². The maximum Gasteiger partial charge on any atom is 0.328 e. The van der Waals surface area contributed by atoms with Crippen LogP contribution in [0.1, 0.15) is 37.5 Å². The fraction of sp³-hybridized carbons (Fsp3) is 0.545. The van der Waals surface area contributed by atoms with E-state index in [2.05, 4.69) is 10.2 Å². The third-order valence-electron chi connectivity index (χ3n) is 2.75. The first-order chi connectivity index (χ1) is 8.20. The minimum absolute atomic E-state index is 0.117. The summed E-state index contributed by atoms with van der Waals surface area (Å²) in [6.07, 6.45) is 4.14. The lowest BCUT2D eigenvalue weighted by molar-refractivity contribution is -0.131. The normalized spacial score (nSPS) is 24.5. The van der Waals surface area contributed by atoms with Crippen LogP contribution in [-0.2, 0) is 9.53 Å². The molecule has 0 radical (unpaired) electrons. The molecular weight excluding hydrogens is 224 g/mol. The molecular formula is C11H14N2O4. The van der Waals surface area contributed by atoms with Crippen molar-refractivity contribution >= 4 is 12.0 Å². The summed E-state index contributed by atoms with van der Waals surface area (Å²) in [5.41, 5.74) is 0. The Morgan fingerprint density at radius 2 is 2.41 bits per heavy atom. The molecule has 0 aliphatic carbocycles. The van der Waals surface area contributed by atoms with E-state index < -0.39 is 5.97 Å². The Morgan fingerprint density at radius 3 is 3.12 bits per heavy atom. The SMILES string of the molecule is CCC1OCCC1c1nnc(/C=C/C(=O)O)o1. The van der Waals surface area contributed by atoms with Crippen LogP contribution in [0.4, 0.5) is 0 Å². The highest BCUT2D eigenvalue weighted by atomic mass is 16.5. The van der Waals surface area contributed by atoms with Crippen molar-refractivity contribution in [1.29, 1.82) is 0 Å². The van der Waals surface area contributed by atoms with Gasteiger partial charge in [-0.2, -0.15) is 0 Å². The van der Waals surface area contributed by atoms with E-state index in [1.807, 2.05) is 6.92 Å². The summed E-state index contributed by atoms with van der Waals surface area (Å²) >= 11 is 0. The van der Waals surface area contributed by atoms with Crippen molar-refractivity contribution in [3.63, 3.8) is 0 Å². The van der Waals surface area contributed by atoms with E-state index in [1.165, 1.54) is 6.08 Å². The summed E-state index contributed by atoms with van der Waals surface area (Å²) in [6, 6.07) is 0. The van der Waals surface area contributed by atoms with Gasteiger partial charge in [0, 0.05) is 18.8 Å². The molecule has 0 saturated carbocycles. The zero-order chi connectivity index (χ0) is 12.3. The molecule has 2 heterocycles. The number of carbonyl (C=O) groups is 1. The van der Waals surface area contributed by atoms with Gasteiger partial charge < -0.3 is 14.3 Å². The molecule has 1 aromatic heterocycles. The number of rotatable bonds is 4. The Bertz CT molecular complexity index is 427. The Morgan fingerprint density at radius 1 is 1.59 bits per heavy atom. The van der Waals surface area contributed by atoms with Crippen molar-refractivity contribution in [1.82, 2.24) is 10.2 Å². The Balaban J connectivity index is 2.10. The zero-order valence-corrected chi connectivity index (χ0v) is 9.50. The van der Waals surface area contributed by atoms with Crippen molar-refractivity contribution in [3.8, 4) is 0 Å². The number of carboxylic acid groups (broad SMARTS) is 1. The van der Waals surface area contributed by atoms with Gasteiger partial charge in [0.15, 0.2) is 0 Å². The number of hydrogen-bond acceptors (Lipinski definition) is 5. The molecule has 0 amide bonds. The molecule has 1 N–H and O–H groups in total. The molecule has 2 atom stereocenters. The van der Waals surface area contributed by atoms with Gasteiger partial charge in [0.2, 0.25) is 11.8 Å². The topological polar surface area (TPSA) is 85.5 Å². The lowest BCUT2D eigenvalue weighted by atomic mass is 10.00. The number of carboxylic acids is 1. The second-order valence-corrected chi connectivity index (χ2v) is 3.86. The molecule has 17 heavy (non-hydrogen) atoms. The highest BCUT2D eigenvalue weighted by Gasteiger charge is 2.32. The summed E-state index contributed by atoms with van der Waals surface area (Å²) < 4.78 is 10.9. The van der Waals surface area contributed by atoms with Gasteiger partial charge in [-0.25, -0.2) is 4.79 Å². The third-order valence-corrected chi connectivity index (χ3v) is 2.75. The molecule has 1 aromatic rings. The summed E-state index contributed by atoms with van der Waals surface area (Å²) in [5, 5.41) is 16.2. The van der Waals surface area contributed by atoms with Crippen molar-refractivity contribution in [3.05, 3.63) is 17.9 Å². The molecule has 0 aromatic carbocycles. The Labute approximate surface area is 98.3 Å². The maximum absolute atomic E-state index is 10.3. The molecule has 2 unspecified atom stereocenters. The summed E-state index contributed by atoms with van der Waals surface area (Å²) in [7, 11) is 0. The maximum atomic E-state index is 10.3. The smallest absolute Gasteiger partial charge is 0.328 e. The number of hydrogen-bond donors (Lipinski definition) is 1. The second-order valence-electron chi connectivity index (χ2n) is 3.86. The quantitative estimate of drug-likeness (QED) is 0.799. The van der Waals surface area contributed by atoms with Crippen LogP contribution in [0.25, 0.3) is 6.08 Å². The molecule has 1 saturated heterocycles. The van der Waals surface area contributed by atoms with E-state index in [4.69, 9.17) is 14.3 Å². The fourth-order valence-electron chi connectivity index (χ4n) is 1.94. The van der Waals surface area contributed by atoms with Crippen molar-refractivity contribution in [2.75, 3.05) is 6.61 Å². The van der Waals surface area contributed by atoms with Crippen LogP contribution in [-0.4, -0.2) is 34.0 Å². The largest absolute Gasteiger partial charge is 0.478 e. The molecule has 1 aliphatic rings. The van der Waals surface area contributed by atoms with Gasteiger partial charge >= 0.3 is 5.97 Å². The predicted octanol–water partition coefficient (Wildman–Crippen LogP) is 1.45. The minimum Gasteiger partial charge on any atom is -0.478 e. The lowest BCUT2D eigenvalue weighted by Gasteiger charge is -2.11. The monoisotopic (exact) mass is 238 g/mol. The predicted molar refractivity (Wildman–Crippen MR) is 58.4 cm³/mol. The summed E-state index contributed by atoms with van der Waals surface area (Å²) in [4.78, 5) is 10.3. The van der Waals surface area contributed by atoms with E-state index >= 15 is 0 Å². The van der Waals surface area contributed by atoms with Crippen molar-refractivity contribution in [2.45, 2.75) is 31.8 Å². The fourth-order valence-corrected chi connectivity index (χ4v) is 1.94. The number of nitrogens with zero attached hydrogens (tertiary/aromatic N) is 2. The molecule has 2 rings (SSSR count). The zero-order valence-electron chi connectivity index (χ0n) is 9.50. The van der Waals surface area contributed by atoms with Crippen LogP contribution in [0.3, 0.4) is 0 Å². The Hall–Kier alpha value is -1.69. The van der Waals surface area contributed by atoms with Crippen LogP contribution < -0.4 is 0 Å². The highest BCUT2D eigenvalue weighted by Crippen LogP contribution is 2.32. The molecule has 1 fully saturated rings. The summed E-state index contributed by atoms with van der Waals surface area (Å²) in [6.45, 7) is 2.75. The highest BCUT2D eigenvalue weighted by molar-refractivity contribution is 5.84. The van der Waals surface area contributed by atoms with Crippen molar-refractivity contribution < 1.29 is 19.1 Å². The van der Waals surface area contributed by atoms with E-state index in [9.17, 15) is 4.79 Å². The molecule has 0 bridgehead atoms. The third kappa shape index (κ3) is 2.71. The Kier molecular flexibility index (Phi) is 3.53. The minimum atomic E-state index is -1.04. The van der Waals surface area contributed by atoms with Crippen LogP contribution in [0, 0.1) is 0 Å². The van der Waals surface area contributed by atoms with Gasteiger partial charge in [0.05, 0.1) is 12.0 Å². The van der Waals surface area contributed by atoms with Gasteiger partial charge in [0.1, 0.15) is 0 Å². The van der Waals surface area contributed by atoms with Crippen molar-refractivity contribution in [2.24, 2.45) is 0 Å².